The van der Waals surface area contributed by atoms with Crippen LogP contribution in [0.25, 0.3) is 6.08 Å². The van der Waals surface area contributed by atoms with Crippen LogP contribution in [0.4, 0.5) is 4.79 Å². The molecule has 38 heavy (non-hydrogen) atoms. The second kappa shape index (κ2) is 12.8. The van der Waals surface area contributed by atoms with Gasteiger partial charge in [0.1, 0.15) is 6.61 Å². The number of carbonyl (C=O) groups excluding carboxylic acids is 2. The van der Waals surface area contributed by atoms with E-state index in [1.807, 2.05) is 37.3 Å². The molecule has 1 saturated heterocycles. The van der Waals surface area contributed by atoms with Crippen LogP contribution in [0.2, 0.25) is 15.1 Å². The number of amides is 2. The summed E-state index contributed by atoms with van der Waals surface area (Å²) in [5.74, 6) is 0.719. The van der Waals surface area contributed by atoms with E-state index in [1.165, 1.54) is 0 Å². The minimum atomic E-state index is -0.415. The van der Waals surface area contributed by atoms with Gasteiger partial charge in [-0.2, -0.15) is 0 Å². The van der Waals surface area contributed by atoms with Crippen LogP contribution < -0.4 is 9.47 Å². The van der Waals surface area contributed by atoms with Gasteiger partial charge in [0, 0.05) is 26.2 Å². The fourth-order valence-corrected chi connectivity index (χ4v) is 5.35. The van der Waals surface area contributed by atoms with E-state index in [0.29, 0.717) is 62.2 Å². The number of nitrogens with zero attached hydrogens (tertiary/aromatic N) is 1. The van der Waals surface area contributed by atoms with Crippen molar-refractivity contribution in [3.8, 4) is 11.5 Å². The maximum Gasteiger partial charge on any atom is 0.293 e. The maximum absolute atomic E-state index is 13.2. The molecule has 1 aliphatic heterocycles. The first-order valence-corrected chi connectivity index (χ1v) is 13.7. The van der Waals surface area contributed by atoms with Crippen molar-refractivity contribution in [3.63, 3.8) is 0 Å². The van der Waals surface area contributed by atoms with E-state index < -0.39 is 11.1 Å². The summed E-state index contributed by atoms with van der Waals surface area (Å²) < 4.78 is 12.1. The van der Waals surface area contributed by atoms with Gasteiger partial charge in [0.2, 0.25) is 0 Å². The largest absolute Gasteiger partial charge is 0.490 e. The molecule has 0 bridgehead atoms. The van der Waals surface area contributed by atoms with E-state index >= 15 is 0 Å². The highest BCUT2D eigenvalue weighted by Crippen LogP contribution is 2.39. The highest BCUT2D eigenvalue weighted by molar-refractivity contribution is 8.18. The van der Waals surface area contributed by atoms with Crippen molar-refractivity contribution in [1.82, 2.24) is 4.90 Å². The van der Waals surface area contributed by atoms with Crippen molar-refractivity contribution >= 4 is 63.8 Å². The number of thioether (sulfide) groups is 1. The smallest absolute Gasteiger partial charge is 0.293 e. The minimum Gasteiger partial charge on any atom is -0.490 e. The molecule has 0 aromatic heterocycles. The Morgan fingerprint density at radius 3 is 2.37 bits per heavy atom. The van der Waals surface area contributed by atoms with Gasteiger partial charge in [-0.25, -0.2) is 0 Å². The van der Waals surface area contributed by atoms with E-state index in [0.717, 1.165) is 27.8 Å². The second-order valence-corrected chi connectivity index (χ2v) is 10.6. The van der Waals surface area contributed by atoms with Crippen LogP contribution in [0, 0.1) is 0 Å². The summed E-state index contributed by atoms with van der Waals surface area (Å²) in [5.41, 5.74) is 3.02. The van der Waals surface area contributed by atoms with Crippen LogP contribution in [-0.2, 0) is 24.4 Å². The fourth-order valence-electron chi connectivity index (χ4n) is 3.87. The normalized spacial score (nSPS) is 14.3. The molecule has 9 heteroatoms. The lowest BCUT2D eigenvalue weighted by molar-refractivity contribution is -0.123. The van der Waals surface area contributed by atoms with E-state index in [-0.39, 0.29) is 6.54 Å². The zero-order valence-electron chi connectivity index (χ0n) is 20.5. The maximum atomic E-state index is 13.2. The van der Waals surface area contributed by atoms with Crippen molar-refractivity contribution in [1.29, 1.82) is 0 Å². The molecule has 0 spiro atoms. The first-order valence-electron chi connectivity index (χ1n) is 11.8. The first-order chi connectivity index (χ1) is 18.3. The summed E-state index contributed by atoms with van der Waals surface area (Å²) in [4.78, 5) is 27.3. The summed E-state index contributed by atoms with van der Waals surface area (Å²) >= 11 is 19.4. The van der Waals surface area contributed by atoms with E-state index in [9.17, 15) is 9.59 Å². The average Bonchev–Trinajstić information content (AvgIpc) is 3.14. The van der Waals surface area contributed by atoms with Gasteiger partial charge in [-0.3, -0.25) is 14.5 Å². The number of rotatable bonds is 10. The molecule has 1 heterocycles. The number of imide groups is 1. The Bertz CT molecular complexity index is 1390. The van der Waals surface area contributed by atoms with E-state index in [2.05, 4.69) is 6.58 Å². The Morgan fingerprint density at radius 1 is 1.00 bits per heavy atom. The van der Waals surface area contributed by atoms with Crippen molar-refractivity contribution in [3.05, 3.63) is 109 Å². The van der Waals surface area contributed by atoms with Gasteiger partial charge in [0.05, 0.1) is 18.1 Å². The van der Waals surface area contributed by atoms with Crippen LogP contribution >= 0.6 is 46.6 Å². The van der Waals surface area contributed by atoms with Crippen LogP contribution in [0.15, 0.2) is 72.2 Å². The molecule has 4 rings (SSSR count). The van der Waals surface area contributed by atoms with Gasteiger partial charge < -0.3 is 9.47 Å². The lowest BCUT2D eigenvalue weighted by Gasteiger charge is -2.17. The number of carbonyl (C=O) groups is 2. The molecule has 196 valence electrons. The average molecular weight is 589 g/mol. The number of ether oxygens (including phenoxy) is 2. The Hall–Kier alpha value is -2.90. The van der Waals surface area contributed by atoms with Crippen molar-refractivity contribution in [2.24, 2.45) is 0 Å². The summed E-state index contributed by atoms with van der Waals surface area (Å²) in [5, 5.41) is 1.05. The Kier molecular flexibility index (Phi) is 9.44. The van der Waals surface area contributed by atoms with Crippen LogP contribution in [-0.4, -0.2) is 22.7 Å². The SMILES string of the molecule is C=CCc1cc(/C=C2\SC(=O)N(Cc3c(Cl)cccc3Cl)C2=O)cc(OCC)c1OCc1ccc(Cl)cc1. The number of hydrogen-bond donors (Lipinski definition) is 0. The molecule has 0 radical (unpaired) electrons. The van der Waals surface area contributed by atoms with Crippen LogP contribution in [0.3, 0.4) is 0 Å². The molecule has 2 amide bonds. The molecular weight excluding hydrogens is 565 g/mol. The van der Waals surface area contributed by atoms with Crippen molar-refractivity contribution in [2.75, 3.05) is 6.61 Å². The molecule has 3 aromatic rings. The molecule has 0 N–H and O–H groups in total. The summed E-state index contributed by atoms with van der Waals surface area (Å²) in [6.07, 6.45) is 3.96. The Balaban J connectivity index is 1.62. The minimum absolute atomic E-state index is 0.0100. The predicted octanol–water partition coefficient (Wildman–Crippen LogP) is 8.59. The number of allylic oxidation sites excluding steroid dienone is 1. The Morgan fingerprint density at radius 2 is 1.71 bits per heavy atom. The first kappa shape index (κ1) is 28.1. The van der Waals surface area contributed by atoms with Crippen molar-refractivity contribution in [2.45, 2.75) is 26.5 Å². The summed E-state index contributed by atoms with van der Waals surface area (Å²) in [6, 6.07) is 16.2. The molecule has 1 aliphatic rings. The predicted molar refractivity (Wildman–Crippen MR) is 155 cm³/mol. The molecule has 0 aliphatic carbocycles. The number of halogens is 3. The van der Waals surface area contributed by atoms with Crippen LogP contribution in [0.5, 0.6) is 11.5 Å². The summed E-state index contributed by atoms with van der Waals surface area (Å²) in [7, 11) is 0. The van der Waals surface area contributed by atoms with Gasteiger partial charge in [0.15, 0.2) is 11.5 Å². The summed E-state index contributed by atoms with van der Waals surface area (Å²) in [6.45, 7) is 6.48. The second-order valence-electron chi connectivity index (χ2n) is 8.32. The topological polar surface area (TPSA) is 55.8 Å². The third-order valence-electron chi connectivity index (χ3n) is 5.66. The van der Waals surface area contributed by atoms with E-state index in [1.54, 1.807) is 36.4 Å². The van der Waals surface area contributed by atoms with E-state index in [4.69, 9.17) is 44.3 Å². The lowest BCUT2D eigenvalue weighted by atomic mass is 10.0. The van der Waals surface area contributed by atoms with Gasteiger partial charge in [-0.15, -0.1) is 6.58 Å². The number of hydrogen-bond acceptors (Lipinski definition) is 5. The highest BCUT2D eigenvalue weighted by Gasteiger charge is 2.36. The van der Waals surface area contributed by atoms with Crippen LogP contribution in [0.1, 0.15) is 29.2 Å². The highest BCUT2D eigenvalue weighted by atomic mass is 35.5. The monoisotopic (exact) mass is 587 g/mol. The third-order valence-corrected chi connectivity index (χ3v) is 7.53. The molecular formula is C29H24Cl3NO4S. The molecule has 0 saturated carbocycles. The third kappa shape index (κ3) is 6.56. The van der Waals surface area contributed by atoms with Gasteiger partial charge in [0.25, 0.3) is 11.1 Å². The zero-order chi connectivity index (χ0) is 27.2. The van der Waals surface area contributed by atoms with Gasteiger partial charge in [-0.1, -0.05) is 59.1 Å². The van der Waals surface area contributed by atoms with Gasteiger partial charge >= 0.3 is 0 Å². The molecule has 1 fully saturated rings. The molecule has 5 nitrogen and oxygen atoms in total. The molecule has 0 unspecified atom stereocenters. The quantitative estimate of drug-likeness (QED) is 0.175. The zero-order valence-corrected chi connectivity index (χ0v) is 23.6. The number of benzene rings is 3. The molecule has 3 aromatic carbocycles. The van der Waals surface area contributed by atoms with Crippen molar-refractivity contribution < 1.29 is 19.1 Å². The lowest BCUT2D eigenvalue weighted by Crippen LogP contribution is -2.27. The molecule has 0 atom stereocenters. The van der Waals surface area contributed by atoms with Gasteiger partial charge in [-0.05, 0) is 78.7 Å². The Labute approximate surface area is 241 Å². The fraction of sp³-hybridized carbons (Fsp3) is 0.172. The standard InChI is InChI=1S/C29H24Cl3NO4S/c1-3-6-20-13-19(14-25(36-4-2)27(20)37-17-18-9-11-21(30)12-10-18)15-26-28(34)33(29(35)38-26)16-22-23(31)7-5-8-24(22)32/h3,5,7-15H,1,4,6,16-17H2,2H3/b26-15-.